The third-order valence-corrected chi connectivity index (χ3v) is 4.85. The van der Waals surface area contributed by atoms with Crippen LogP contribution in [0, 0.1) is 13.8 Å². The number of rotatable bonds is 4. The summed E-state index contributed by atoms with van der Waals surface area (Å²) in [5.74, 6) is -0.420. The lowest BCUT2D eigenvalue weighted by Crippen LogP contribution is -2.37. The van der Waals surface area contributed by atoms with Gasteiger partial charge >= 0.3 is 0 Å². The Labute approximate surface area is 148 Å². The molecule has 0 aromatic heterocycles. The number of fused-ring (bicyclic) bond motifs is 1. The van der Waals surface area contributed by atoms with E-state index in [1.54, 1.807) is 0 Å². The maximum absolute atomic E-state index is 12.6. The summed E-state index contributed by atoms with van der Waals surface area (Å²) in [5, 5.41) is 5.70. The lowest BCUT2D eigenvalue weighted by atomic mass is 9.82. The highest BCUT2D eigenvalue weighted by molar-refractivity contribution is 5.96. The Bertz CT molecular complexity index is 778. The molecule has 0 fully saturated rings. The Hall–Kier alpha value is -2.62. The van der Waals surface area contributed by atoms with Crippen molar-refractivity contribution in [1.82, 2.24) is 5.32 Å². The average Bonchev–Trinajstić information content (AvgIpc) is 2.62. The molecule has 0 saturated carbocycles. The van der Waals surface area contributed by atoms with Gasteiger partial charge in [-0.05, 0) is 55.4 Å². The highest BCUT2D eigenvalue weighted by Gasteiger charge is 2.26. The smallest absolute Gasteiger partial charge is 0.243 e. The Morgan fingerprint density at radius 2 is 1.76 bits per heavy atom. The van der Waals surface area contributed by atoms with Crippen molar-refractivity contribution in [3.8, 4) is 0 Å². The molecule has 4 heteroatoms. The van der Waals surface area contributed by atoms with Gasteiger partial charge in [0.15, 0.2) is 0 Å². The lowest BCUT2D eigenvalue weighted by Gasteiger charge is -2.24. The van der Waals surface area contributed by atoms with Crippen molar-refractivity contribution in [2.75, 3.05) is 11.9 Å². The van der Waals surface area contributed by atoms with E-state index in [2.05, 4.69) is 16.7 Å². The molecule has 2 amide bonds. The van der Waals surface area contributed by atoms with E-state index in [1.165, 1.54) is 5.56 Å². The molecule has 1 atom stereocenters. The van der Waals surface area contributed by atoms with Crippen LogP contribution in [0.2, 0.25) is 0 Å². The number of nitrogens with one attached hydrogen (secondary N) is 2. The van der Waals surface area contributed by atoms with Gasteiger partial charge in [-0.1, -0.05) is 42.5 Å². The number of carbonyl (C=O) groups excluding carboxylic acids is 2. The van der Waals surface area contributed by atoms with Crippen LogP contribution in [0.15, 0.2) is 42.5 Å². The standard InChI is InChI=1S/C21H24N2O2/c1-14-7-5-8-15(2)20(14)23-19(24)13-22-21(25)18-12-6-10-16-9-3-4-11-17(16)18/h3-5,7-9,11,18H,6,10,12-13H2,1-2H3,(H,22,25)(H,23,24). The van der Waals surface area contributed by atoms with Crippen LogP contribution in [-0.2, 0) is 16.0 Å². The summed E-state index contributed by atoms with van der Waals surface area (Å²) >= 11 is 0. The molecule has 1 aliphatic rings. The minimum Gasteiger partial charge on any atom is -0.346 e. The summed E-state index contributed by atoms with van der Waals surface area (Å²) < 4.78 is 0. The zero-order valence-corrected chi connectivity index (χ0v) is 14.8. The second-order valence-electron chi connectivity index (χ2n) is 6.68. The van der Waals surface area contributed by atoms with Crippen molar-refractivity contribution in [3.63, 3.8) is 0 Å². The predicted octanol–water partition coefficient (Wildman–Crippen LogP) is 3.48. The number of carbonyl (C=O) groups is 2. The van der Waals surface area contributed by atoms with Gasteiger partial charge in [0, 0.05) is 5.69 Å². The normalized spacial score (nSPS) is 16.0. The highest BCUT2D eigenvalue weighted by atomic mass is 16.2. The molecule has 2 N–H and O–H groups in total. The summed E-state index contributed by atoms with van der Waals surface area (Å²) in [5.41, 5.74) is 5.20. The molecule has 130 valence electrons. The maximum Gasteiger partial charge on any atom is 0.243 e. The number of anilines is 1. The molecule has 2 aromatic rings. The molecule has 0 heterocycles. The Kier molecular flexibility index (Phi) is 5.17. The molecule has 0 bridgehead atoms. The number of benzene rings is 2. The fourth-order valence-electron chi connectivity index (χ4n) is 3.51. The van der Waals surface area contributed by atoms with Gasteiger partial charge in [-0.3, -0.25) is 9.59 Å². The van der Waals surface area contributed by atoms with Gasteiger partial charge in [0.05, 0.1) is 12.5 Å². The van der Waals surface area contributed by atoms with Crippen molar-refractivity contribution in [2.45, 2.75) is 39.0 Å². The molecule has 25 heavy (non-hydrogen) atoms. The summed E-state index contributed by atoms with van der Waals surface area (Å²) in [6, 6.07) is 14.0. The van der Waals surface area contributed by atoms with E-state index in [4.69, 9.17) is 0 Å². The molecule has 0 saturated heterocycles. The van der Waals surface area contributed by atoms with E-state index in [0.717, 1.165) is 41.6 Å². The molecule has 2 aromatic carbocycles. The monoisotopic (exact) mass is 336 g/mol. The lowest BCUT2D eigenvalue weighted by molar-refractivity contribution is -0.125. The Morgan fingerprint density at radius 1 is 1.04 bits per heavy atom. The number of para-hydroxylation sites is 1. The first-order chi connectivity index (χ1) is 12.1. The molecule has 0 aliphatic heterocycles. The van der Waals surface area contributed by atoms with Gasteiger partial charge < -0.3 is 10.6 Å². The van der Waals surface area contributed by atoms with E-state index in [1.807, 2.05) is 50.2 Å². The van der Waals surface area contributed by atoms with Crippen molar-refractivity contribution >= 4 is 17.5 Å². The molecule has 3 rings (SSSR count). The molecule has 0 radical (unpaired) electrons. The van der Waals surface area contributed by atoms with Crippen LogP contribution < -0.4 is 10.6 Å². The summed E-state index contributed by atoms with van der Waals surface area (Å²) in [6.07, 6.45) is 2.86. The molecule has 1 unspecified atom stereocenters. The van der Waals surface area contributed by atoms with Crippen LogP contribution >= 0.6 is 0 Å². The zero-order valence-electron chi connectivity index (χ0n) is 14.8. The molecular formula is C21H24N2O2. The third kappa shape index (κ3) is 3.90. The van der Waals surface area contributed by atoms with Gasteiger partial charge in [0.25, 0.3) is 0 Å². The van der Waals surface area contributed by atoms with E-state index in [-0.39, 0.29) is 24.3 Å². The second kappa shape index (κ2) is 7.51. The number of hydrogen-bond donors (Lipinski definition) is 2. The first kappa shape index (κ1) is 17.2. The van der Waals surface area contributed by atoms with Crippen LogP contribution in [-0.4, -0.2) is 18.4 Å². The van der Waals surface area contributed by atoms with Crippen molar-refractivity contribution in [1.29, 1.82) is 0 Å². The van der Waals surface area contributed by atoms with Gasteiger partial charge in [0.2, 0.25) is 11.8 Å². The van der Waals surface area contributed by atoms with E-state index in [9.17, 15) is 9.59 Å². The van der Waals surface area contributed by atoms with Crippen LogP contribution in [0.5, 0.6) is 0 Å². The second-order valence-corrected chi connectivity index (χ2v) is 6.68. The van der Waals surface area contributed by atoms with Crippen LogP contribution in [0.4, 0.5) is 5.69 Å². The van der Waals surface area contributed by atoms with Crippen LogP contribution in [0.25, 0.3) is 0 Å². The van der Waals surface area contributed by atoms with Gasteiger partial charge in [-0.15, -0.1) is 0 Å². The fraction of sp³-hybridized carbons (Fsp3) is 0.333. The number of hydrogen-bond acceptors (Lipinski definition) is 2. The largest absolute Gasteiger partial charge is 0.346 e. The van der Waals surface area contributed by atoms with Crippen molar-refractivity contribution < 1.29 is 9.59 Å². The van der Waals surface area contributed by atoms with Gasteiger partial charge in [0.1, 0.15) is 0 Å². The van der Waals surface area contributed by atoms with Crippen LogP contribution in [0.1, 0.15) is 41.0 Å². The topological polar surface area (TPSA) is 58.2 Å². The maximum atomic E-state index is 12.6. The zero-order chi connectivity index (χ0) is 17.8. The van der Waals surface area contributed by atoms with E-state index >= 15 is 0 Å². The molecule has 0 spiro atoms. The number of amides is 2. The predicted molar refractivity (Wildman–Crippen MR) is 99.7 cm³/mol. The van der Waals surface area contributed by atoms with Crippen molar-refractivity contribution in [2.24, 2.45) is 0 Å². The van der Waals surface area contributed by atoms with Crippen LogP contribution in [0.3, 0.4) is 0 Å². The molecule has 1 aliphatic carbocycles. The SMILES string of the molecule is Cc1cccc(C)c1NC(=O)CNC(=O)C1CCCc2ccccc21. The quantitative estimate of drug-likeness (QED) is 0.898. The van der Waals surface area contributed by atoms with E-state index in [0.29, 0.717) is 0 Å². The summed E-state index contributed by atoms with van der Waals surface area (Å²) in [7, 11) is 0. The Morgan fingerprint density at radius 3 is 2.52 bits per heavy atom. The average molecular weight is 336 g/mol. The van der Waals surface area contributed by atoms with Crippen molar-refractivity contribution in [3.05, 3.63) is 64.7 Å². The summed E-state index contributed by atoms with van der Waals surface area (Å²) in [6.45, 7) is 3.91. The minimum absolute atomic E-state index is 0.00866. The van der Waals surface area contributed by atoms with Gasteiger partial charge in [-0.25, -0.2) is 0 Å². The summed E-state index contributed by atoms with van der Waals surface area (Å²) in [4.78, 5) is 24.8. The number of aryl methyl sites for hydroxylation is 3. The fourth-order valence-corrected chi connectivity index (χ4v) is 3.51. The Balaban J connectivity index is 1.61. The first-order valence-electron chi connectivity index (χ1n) is 8.78. The first-order valence-corrected chi connectivity index (χ1v) is 8.78. The third-order valence-electron chi connectivity index (χ3n) is 4.85. The minimum atomic E-state index is -0.199. The molecule has 4 nitrogen and oxygen atoms in total. The van der Waals surface area contributed by atoms with E-state index < -0.39 is 0 Å². The highest BCUT2D eigenvalue weighted by Crippen LogP contribution is 2.31. The molecular weight excluding hydrogens is 312 g/mol. The van der Waals surface area contributed by atoms with Gasteiger partial charge in [-0.2, -0.15) is 0 Å².